The van der Waals surface area contributed by atoms with E-state index in [4.69, 9.17) is 22.1 Å². The van der Waals surface area contributed by atoms with Crippen molar-refractivity contribution in [2.45, 2.75) is 0 Å². The van der Waals surface area contributed by atoms with Crippen LogP contribution in [0.3, 0.4) is 0 Å². The minimum Gasteiger partial charge on any atom is -0.497 e. The van der Waals surface area contributed by atoms with Crippen LogP contribution < -0.4 is 15.8 Å². The minimum absolute atomic E-state index is 0.311. The molecule has 0 atom stereocenters. The number of methoxy groups -OCH3 is 1. The zero-order valence-corrected chi connectivity index (χ0v) is 9.90. The summed E-state index contributed by atoms with van der Waals surface area (Å²) in [5.41, 5.74) is 6.34. The Bertz CT molecular complexity index is 533. The average Bonchev–Trinajstić information content (AvgIpc) is 2.35. The molecular weight excluding hydrogens is 240 g/mol. The summed E-state index contributed by atoms with van der Waals surface area (Å²) in [5.74, 6) is 1.47. The first-order valence-corrected chi connectivity index (χ1v) is 5.25. The van der Waals surface area contributed by atoms with Crippen LogP contribution in [0.4, 0.5) is 17.3 Å². The van der Waals surface area contributed by atoms with Crippen LogP contribution in [0.5, 0.6) is 5.75 Å². The molecule has 2 aromatic rings. The number of nitrogens with two attached hydrogens (primary N) is 1. The Labute approximate surface area is 104 Å². The predicted molar refractivity (Wildman–Crippen MR) is 67.7 cm³/mol. The van der Waals surface area contributed by atoms with E-state index in [1.165, 1.54) is 6.20 Å². The Balaban J connectivity index is 2.32. The summed E-state index contributed by atoms with van der Waals surface area (Å²) in [6, 6.07) is 5.26. The molecule has 0 aliphatic heterocycles. The first-order valence-electron chi connectivity index (χ1n) is 4.88. The van der Waals surface area contributed by atoms with Gasteiger partial charge in [0.2, 0.25) is 0 Å². The van der Waals surface area contributed by atoms with Crippen molar-refractivity contribution in [3.05, 3.63) is 35.6 Å². The van der Waals surface area contributed by atoms with E-state index in [9.17, 15) is 0 Å². The number of nitrogens with one attached hydrogen (secondary N) is 1. The number of halogens is 1. The van der Waals surface area contributed by atoms with E-state index in [1.807, 2.05) is 0 Å². The van der Waals surface area contributed by atoms with Crippen molar-refractivity contribution >= 4 is 28.9 Å². The summed E-state index contributed by atoms with van der Waals surface area (Å²) in [5, 5.41) is 3.56. The van der Waals surface area contributed by atoms with E-state index in [-0.39, 0.29) is 0 Å². The molecule has 3 N–H and O–H groups in total. The average molecular weight is 251 g/mol. The van der Waals surface area contributed by atoms with Gasteiger partial charge < -0.3 is 15.8 Å². The number of rotatable bonds is 3. The fourth-order valence-corrected chi connectivity index (χ4v) is 1.46. The monoisotopic (exact) mass is 250 g/mol. The lowest BCUT2D eigenvalue weighted by Gasteiger charge is -2.10. The minimum atomic E-state index is 0.311. The summed E-state index contributed by atoms with van der Waals surface area (Å²) in [4.78, 5) is 8.00. The van der Waals surface area contributed by atoms with Crippen LogP contribution in [0.25, 0.3) is 0 Å². The molecule has 0 unspecified atom stereocenters. The predicted octanol–water partition coefficient (Wildman–Crippen LogP) is 2.46. The number of hydrogen-bond donors (Lipinski definition) is 2. The summed E-state index contributed by atoms with van der Waals surface area (Å²) >= 11 is 6.05. The van der Waals surface area contributed by atoms with E-state index < -0.39 is 0 Å². The molecule has 2 rings (SSSR count). The maximum atomic E-state index is 6.05. The van der Waals surface area contributed by atoms with E-state index >= 15 is 0 Å². The summed E-state index contributed by atoms with van der Waals surface area (Å²) in [6.07, 6.45) is 3.07. The van der Waals surface area contributed by atoms with Gasteiger partial charge in [0.05, 0.1) is 17.8 Å². The maximum Gasteiger partial charge on any atom is 0.173 e. The number of hydrogen-bond acceptors (Lipinski definition) is 5. The molecule has 1 heterocycles. The van der Waals surface area contributed by atoms with Crippen molar-refractivity contribution in [2.24, 2.45) is 0 Å². The SMILES string of the molecule is COc1ccc(Cl)c(Nc2nccnc2N)c1. The van der Waals surface area contributed by atoms with Crippen LogP contribution in [0.15, 0.2) is 30.6 Å². The third-order valence-electron chi connectivity index (χ3n) is 2.15. The van der Waals surface area contributed by atoms with Crippen LogP contribution >= 0.6 is 11.6 Å². The zero-order chi connectivity index (χ0) is 12.3. The Hall–Kier alpha value is -2.01. The van der Waals surface area contributed by atoms with E-state index in [2.05, 4.69) is 15.3 Å². The largest absolute Gasteiger partial charge is 0.497 e. The molecule has 1 aromatic heterocycles. The zero-order valence-electron chi connectivity index (χ0n) is 9.14. The van der Waals surface area contributed by atoms with Gasteiger partial charge in [-0.15, -0.1) is 0 Å². The molecule has 0 aliphatic carbocycles. The fourth-order valence-electron chi connectivity index (χ4n) is 1.30. The highest BCUT2D eigenvalue weighted by Gasteiger charge is 2.06. The van der Waals surface area contributed by atoms with Gasteiger partial charge in [-0.25, -0.2) is 9.97 Å². The van der Waals surface area contributed by atoms with Crippen molar-refractivity contribution in [1.82, 2.24) is 9.97 Å². The Morgan fingerprint density at radius 1 is 1.29 bits per heavy atom. The second-order valence-corrected chi connectivity index (χ2v) is 3.67. The highest BCUT2D eigenvalue weighted by Crippen LogP contribution is 2.29. The summed E-state index contributed by atoms with van der Waals surface area (Å²) in [7, 11) is 1.59. The number of nitrogens with zero attached hydrogens (tertiary/aromatic N) is 2. The number of benzene rings is 1. The van der Waals surface area contributed by atoms with Crippen molar-refractivity contribution < 1.29 is 4.74 Å². The van der Waals surface area contributed by atoms with Crippen LogP contribution in [-0.2, 0) is 0 Å². The van der Waals surface area contributed by atoms with Gasteiger partial charge in [-0.05, 0) is 12.1 Å². The standard InChI is InChI=1S/C11H11ClN4O/c1-17-7-2-3-8(12)9(6-7)16-11-10(13)14-4-5-15-11/h2-6H,1H3,(H2,13,14)(H,15,16). The lowest BCUT2D eigenvalue weighted by atomic mass is 10.3. The fraction of sp³-hybridized carbons (Fsp3) is 0.0909. The summed E-state index contributed by atoms with van der Waals surface area (Å²) in [6.45, 7) is 0. The molecule has 0 aliphatic rings. The third kappa shape index (κ3) is 2.57. The number of ether oxygens (including phenoxy) is 1. The molecule has 0 amide bonds. The number of nitrogen functional groups attached to an aromatic ring is 1. The molecule has 0 saturated carbocycles. The second-order valence-electron chi connectivity index (χ2n) is 3.26. The molecule has 88 valence electrons. The molecule has 0 radical (unpaired) electrons. The lowest BCUT2D eigenvalue weighted by Crippen LogP contribution is -2.01. The van der Waals surface area contributed by atoms with Crippen molar-refractivity contribution in [3.8, 4) is 5.75 Å². The van der Waals surface area contributed by atoms with Gasteiger partial charge in [-0.1, -0.05) is 11.6 Å². The third-order valence-corrected chi connectivity index (χ3v) is 2.48. The molecule has 0 spiro atoms. The van der Waals surface area contributed by atoms with Crippen molar-refractivity contribution in [3.63, 3.8) is 0 Å². The normalized spacial score (nSPS) is 10.0. The highest BCUT2D eigenvalue weighted by molar-refractivity contribution is 6.33. The lowest BCUT2D eigenvalue weighted by molar-refractivity contribution is 0.415. The highest BCUT2D eigenvalue weighted by atomic mass is 35.5. The number of aromatic nitrogens is 2. The van der Waals surface area contributed by atoms with Crippen LogP contribution in [0.2, 0.25) is 5.02 Å². The van der Waals surface area contributed by atoms with Gasteiger partial charge in [0.25, 0.3) is 0 Å². The Morgan fingerprint density at radius 2 is 2.06 bits per heavy atom. The number of anilines is 3. The quantitative estimate of drug-likeness (QED) is 0.875. The first kappa shape index (κ1) is 11.5. The first-order chi connectivity index (χ1) is 8.20. The van der Waals surface area contributed by atoms with Crippen LogP contribution in [0, 0.1) is 0 Å². The van der Waals surface area contributed by atoms with Gasteiger partial charge >= 0.3 is 0 Å². The molecule has 0 bridgehead atoms. The van der Waals surface area contributed by atoms with Crippen LogP contribution in [0.1, 0.15) is 0 Å². The maximum absolute atomic E-state index is 6.05. The Kier molecular flexibility index (Phi) is 3.30. The van der Waals surface area contributed by atoms with Gasteiger partial charge in [0.1, 0.15) is 5.75 Å². The molecule has 5 nitrogen and oxygen atoms in total. The molecule has 17 heavy (non-hydrogen) atoms. The van der Waals surface area contributed by atoms with Gasteiger partial charge in [-0.3, -0.25) is 0 Å². The Morgan fingerprint density at radius 3 is 2.76 bits per heavy atom. The van der Waals surface area contributed by atoms with Gasteiger partial charge in [0, 0.05) is 18.5 Å². The van der Waals surface area contributed by atoms with E-state index in [0.29, 0.717) is 28.1 Å². The van der Waals surface area contributed by atoms with Crippen LogP contribution in [-0.4, -0.2) is 17.1 Å². The second kappa shape index (κ2) is 4.88. The van der Waals surface area contributed by atoms with Gasteiger partial charge in [-0.2, -0.15) is 0 Å². The molecule has 6 heteroatoms. The smallest absolute Gasteiger partial charge is 0.173 e. The topological polar surface area (TPSA) is 73.1 Å². The van der Waals surface area contributed by atoms with Crippen molar-refractivity contribution in [1.29, 1.82) is 0 Å². The molecule has 0 fully saturated rings. The molecular formula is C11H11ClN4O. The van der Waals surface area contributed by atoms with E-state index in [0.717, 1.165) is 0 Å². The molecule has 0 saturated heterocycles. The summed E-state index contributed by atoms with van der Waals surface area (Å²) < 4.78 is 5.11. The van der Waals surface area contributed by atoms with Crippen molar-refractivity contribution in [2.75, 3.05) is 18.2 Å². The van der Waals surface area contributed by atoms with Gasteiger partial charge in [0.15, 0.2) is 11.6 Å². The van der Waals surface area contributed by atoms with E-state index in [1.54, 1.807) is 31.5 Å². The molecule has 1 aromatic carbocycles.